The third-order valence-electron chi connectivity index (χ3n) is 3.62. The molecular weight excluding hydrogens is 280 g/mol. The Balaban J connectivity index is 1.84. The van der Waals surface area contributed by atoms with E-state index < -0.39 is 0 Å². The van der Waals surface area contributed by atoms with E-state index in [0.717, 1.165) is 43.7 Å². The van der Waals surface area contributed by atoms with Gasteiger partial charge in [-0.15, -0.1) is 0 Å². The highest BCUT2D eigenvalue weighted by molar-refractivity contribution is 5.96. The van der Waals surface area contributed by atoms with Gasteiger partial charge in [0.2, 0.25) is 5.96 Å². The Morgan fingerprint density at radius 1 is 1.32 bits per heavy atom. The van der Waals surface area contributed by atoms with Crippen molar-refractivity contribution in [2.24, 2.45) is 10.7 Å². The van der Waals surface area contributed by atoms with Crippen molar-refractivity contribution in [3.63, 3.8) is 0 Å². The number of hydrogen-bond acceptors (Lipinski definition) is 4. The zero-order valence-electron chi connectivity index (χ0n) is 13.4. The van der Waals surface area contributed by atoms with E-state index in [1.165, 1.54) is 0 Å². The van der Waals surface area contributed by atoms with Crippen LogP contribution >= 0.6 is 0 Å². The molecular formula is C15H26N6O. The van der Waals surface area contributed by atoms with Crippen molar-refractivity contribution in [1.82, 2.24) is 10.3 Å². The molecule has 1 aliphatic rings. The van der Waals surface area contributed by atoms with Gasteiger partial charge in [0.1, 0.15) is 5.69 Å². The van der Waals surface area contributed by atoms with Gasteiger partial charge in [0.15, 0.2) is 5.69 Å². The summed E-state index contributed by atoms with van der Waals surface area (Å²) in [7, 11) is 2.09. The van der Waals surface area contributed by atoms with Crippen molar-refractivity contribution in [3.05, 3.63) is 29.0 Å². The van der Waals surface area contributed by atoms with E-state index >= 15 is 0 Å². The Hall–Kier alpha value is -1.67. The zero-order valence-corrected chi connectivity index (χ0v) is 13.4. The van der Waals surface area contributed by atoms with E-state index in [1.54, 1.807) is 0 Å². The number of nitrogens with one attached hydrogen (secondary N) is 3. The highest BCUT2D eigenvalue weighted by Crippen LogP contribution is 2.20. The average molecular weight is 306 g/mol. The first-order valence-electron chi connectivity index (χ1n) is 7.72. The quantitative estimate of drug-likeness (QED) is 0.419. The lowest BCUT2D eigenvalue weighted by atomic mass is 10.2. The van der Waals surface area contributed by atoms with Crippen LogP contribution in [0.3, 0.4) is 0 Å². The molecule has 0 radical (unpaired) electrons. The molecule has 1 aromatic rings. The van der Waals surface area contributed by atoms with E-state index in [0.29, 0.717) is 18.2 Å². The van der Waals surface area contributed by atoms with Crippen molar-refractivity contribution in [2.75, 3.05) is 38.5 Å². The van der Waals surface area contributed by atoms with Crippen LogP contribution in [-0.4, -0.2) is 44.1 Å². The Labute approximate surface area is 131 Å². The van der Waals surface area contributed by atoms with Crippen LogP contribution in [0, 0.1) is 12.1 Å². The third kappa shape index (κ3) is 4.67. The SMILES string of the molecule is Cc1ccc2c(c1)NC(=NCCCN(C)CCCN)N[NH+]2[O-]. The summed E-state index contributed by atoms with van der Waals surface area (Å²) in [6.07, 6.45) is 1.96. The Bertz CT molecular complexity index is 519. The molecule has 0 fully saturated rings. The molecule has 0 amide bonds. The van der Waals surface area contributed by atoms with Gasteiger partial charge in [-0.05, 0) is 58.1 Å². The second kappa shape index (κ2) is 8.09. The lowest BCUT2D eigenvalue weighted by molar-refractivity contribution is -0.816. The van der Waals surface area contributed by atoms with Crippen LogP contribution in [0.2, 0.25) is 0 Å². The third-order valence-corrected chi connectivity index (χ3v) is 3.62. The van der Waals surface area contributed by atoms with Gasteiger partial charge in [0, 0.05) is 12.6 Å². The fourth-order valence-electron chi connectivity index (χ4n) is 2.38. The second-order valence-electron chi connectivity index (χ2n) is 5.66. The van der Waals surface area contributed by atoms with Gasteiger partial charge in [-0.3, -0.25) is 0 Å². The number of quaternary nitrogens is 1. The molecule has 1 unspecified atom stereocenters. The summed E-state index contributed by atoms with van der Waals surface area (Å²) in [5, 5.41) is 15.1. The first-order valence-corrected chi connectivity index (χ1v) is 7.72. The van der Waals surface area contributed by atoms with Crippen molar-refractivity contribution >= 4 is 17.3 Å². The molecule has 5 N–H and O–H groups in total. The average Bonchev–Trinajstić information content (AvgIpc) is 2.49. The van der Waals surface area contributed by atoms with Gasteiger partial charge in [-0.2, -0.15) is 5.43 Å². The number of nitrogens with two attached hydrogens (primary N) is 1. The van der Waals surface area contributed by atoms with E-state index in [-0.39, 0.29) is 5.17 Å². The maximum Gasteiger partial charge on any atom is 0.243 e. The smallest absolute Gasteiger partial charge is 0.243 e. The Morgan fingerprint density at radius 3 is 2.86 bits per heavy atom. The van der Waals surface area contributed by atoms with Gasteiger partial charge in [-0.1, -0.05) is 6.07 Å². The van der Waals surface area contributed by atoms with Crippen LogP contribution in [-0.2, 0) is 0 Å². The molecule has 7 nitrogen and oxygen atoms in total. The minimum atomic E-state index is -0.104. The Morgan fingerprint density at radius 2 is 2.09 bits per heavy atom. The number of aryl methyl sites for hydroxylation is 1. The van der Waals surface area contributed by atoms with Gasteiger partial charge in [0.25, 0.3) is 0 Å². The maximum absolute atomic E-state index is 12.0. The molecule has 1 aromatic carbocycles. The largest absolute Gasteiger partial charge is 0.603 e. The molecule has 0 aromatic heterocycles. The topological polar surface area (TPSA) is 93.2 Å². The molecule has 1 heterocycles. The van der Waals surface area contributed by atoms with Crippen LogP contribution < -0.4 is 21.6 Å². The minimum Gasteiger partial charge on any atom is -0.603 e. The Kier molecular flexibility index (Phi) is 6.14. The predicted octanol–water partition coefficient (Wildman–Crippen LogP) is -0.0340. The van der Waals surface area contributed by atoms with Gasteiger partial charge in [0.05, 0.1) is 0 Å². The van der Waals surface area contributed by atoms with Crippen molar-refractivity contribution in [3.8, 4) is 0 Å². The number of guanidine groups is 1. The molecule has 1 aliphatic heterocycles. The first kappa shape index (κ1) is 16.7. The highest BCUT2D eigenvalue weighted by atomic mass is 16.5. The van der Waals surface area contributed by atoms with E-state index in [1.807, 2.05) is 25.1 Å². The number of anilines is 1. The second-order valence-corrected chi connectivity index (χ2v) is 5.66. The molecule has 0 saturated heterocycles. The van der Waals surface area contributed by atoms with Gasteiger partial charge in [-0.25, -0.2) is 10.2 Å². The summed E-state index contributed by atoms with van der Waals surface area (Å²) < 4.78 is 0. The number of nitrogens with zero attached hydrogens (tertiary/aromatic N) is 2. The van der Waals surface area contributed by atoms with E-state index in [2.05, 4.69) is 27.7 Å². The number of hydrogen-bond donors (Lipinski definition) is 4. The molecule has 1 atom stereocenters. The fourth-order valence-corrected chi connectivity index (χ4v) is 2.38. The van der Waals surface area contributed by atoms with Crippen LogP contribution in [0.5, 0.6) is 0 Å². The van der Waals surface area contributed by atoms with Crippen molar-refractivity contribution in [2.45, 2.75) is 19.8 Å². The van der Waals surface area contributed by atoms with Gasteiger partial charge >= 0.3 is 0 Å². The lowest BCUT2D eigenvalue weighted by Crippen LogP contribution is -3.11. The summed E-state index contributed by atoms with van der Waals surface area (Å²) in [5.74, 6) is 0.535. The molecule has 122 valence electrons. The number of fused-ring (bicyclic) bond motifs is 1. The molecule has 0 aliphatic carbocycles. The summed E-state index contributed by atoms with van der Waals surface area (Å²) in [5.41, 5.74) is 10.9. The number of rotatable bonds is 7. The summed E-state index contributed by atoms with van der Waals surface area (Å²) in [6.45, 7) is 5.38. The normalized spacial score (nSPS) is 19.0. The van der Waals surface area contributed by atoms with Gasteiger partial charge < -0.3 is 21.2 Å². The van der Waals surface area contributed by atoms with E-state index in [4.69, 9.17) is 5.73 Å². The lowest BCUT2D eigenvalue weighted by Gasteiger charge is -2.30. The van der Waals surface area contributed by atoms with Crippen LogP contribution in [0.15, 0.2) is 23.2 Å². The fraction of sp³-hybridized carbons (Fsp3) is 0.533. The molecule has 0 saturated carbocycles. The molecule has 2 rings (SSSR count). The number of benzene rings is 1. The number of aliphatic imine (C=N–C) groups is 1. The van der Waals surface area contributed by atoms with Crippen LogP contribution in [0.1, 0.15) is 18.4 Å². The van der Waals surface area contributed by atoms with Crippen molar-refractivity contribution in [1.29, 1.82) is 0 Å². The standard InChI is InChI=1S/C15H26N6O/c1-12-5-6-14-13(11-12)18-15(19-21(14)22)17-8-4-10-20(2)9-3-7-16/h5-6,11,21H,3-4,7-10,16H2,1-2H3,(H2,17,18,19). The molecule has 7 heteroatoms. The van der Waals surface area contributed by atoms with Crippen LogP contribution in [0.4, 0.5) is 11.4 Å². The predicted molar refractivity (Wildman–Crippen MR) is 90.0 cm³/mol. The highest BCUT2D eigenvalue weighted by Gasteiger charge is 2.19. The first-order chi connectivity index (χ1) is 10.6. The minimum absolute atomic E-state index is 0.104. The zero-order chi connectivity index (χ0) is 15.9. The molecule has 0 bridgehead atoms. The monoisotopic (exact) mass is 306 g/mol. The van der Waals surface area contributed by atoms with Crippen LogP contribution in [0.25, 0.3) is 0 Å². The molecule has 22 heavy (non-hydrogen) atoms. The summed E-state index contributed by atoms with van der Waals surface area (Å²) >= 11 is 0. The molecule has 0 spiro atoms. The summed E-state index contributed by atoms with van der Waals surface area (Å²) in [4.78, 5) is 6.69. The summed E-state index contributed by atoms with van der Waals surface area (Å²) in [6, 6.07) is 5.72. The maximum atomic E-state index is 12.0. The van der Waals surface area contributed by atoms with Crippen molar-refractivity contribution < 1.29 is 5.17 Å². The van der Waals surface area contributed by atoms with E-state index in [9.17, 15) is 5.21 Å².